The number of allylic oxidation sites excluding steroid dienone is 1. The third-order valence-electron chi connectivity index (χ3n) is 2.61. The number of benzene rings is 1. The number of anilines is 1. The molecule has 0 saturated heterocycles. The molecule has 0 amide bonds. The van der Waals surface area contributed by atoms with E-state index in [0.29, 0.717) is 5.95 Å². The zero-order valence-electron chi connectivity index (χ0n) is 12.0. The number of hydrogen-bond donors (Lipinski definition) is 1. The van der Waals surface area contributed by atoms with Gasteiger partial charge in [0.15, 0.2) is 0 Å². The number of hydrazone groups is 1. The van der Waals surface area contributed by atoms with Gasteiger partial charge in [-0.25, -0.2) is 15.4 Å². The van der Waals surface area contributed by atoms with Gasteiger partial charge in [-0.1, -0.05) is 36.4 Å². The lowest BCUT2D eigenvalue weighted by Gasteiger charge is -2.01. The molecular formula is C16H18N4. The molecule has 4 heteroatoms. The largest absolute Gasteiger partial charge is 0.245 e. The first-order valence-electron chi connectivity index (χ1n) is 6.48. The molecule has 1 N–H and O–H groups in total. The molecule has 2 aromatic rings. The first-order valence-corrected chi connectivity index (χ1v) is 6.48. The molecule has 102 valence electrons. The predicted octanol–water partition coefficient (Wildman–Crippen LogP) is 3.59. The van der Waals surface area contributed by atoms with Gasteiger partial charge >= 0.3 is 0 Å². The van der Waals surface area contributed by atoms with E-state index in [2.05, 4.69) is 38.7 Å². The van der Waals surface area contributed by atoms with Crippen molar-refractivity contribution in [2.45, 2.75) is 20.8 Å². The second kappa shape index (κ2) is 6.61. The maximum atomic E-state index is 4.26. The molecule has 0 aliphatic rings. The molecule has 4 nitrogen and oxygen atoms in total. The van der Waals surface area contributed by atoms with Crippen molar-refractivity contribution in [3.63, 3.8) is 0 Å². The smallest absolute Gasteiger partial charge is 0.243 e. The van der Waals surface area contributed by atoms with E-state index in [4.69, 9.17) is 0 Å². The van der Waals surface area contributed by atoms with Gasteiger partial charge in [-0.3, -0.25) is 0 Å². The number of nitrogens with one attached hydrogen (secondary N) is 1. The van der Waals surface area contributed by atoms with Crippen LogP contribution in [0.2, 0.25) is 0 Å². The number of aromatic nitrogens is 2. The first kappa shape index (κ1) is 13.9. The van der Waals surface area contributed by atoms with Crippen LogP contribution in [0.3, 0.4) is 0 Å². The Kier molecular flexibility index (Phi) is 4.60. The van der Waals surface area contributed by atoms with Crippen molar-refractivity contribution in [1.29, 1.82) is 0 Å². The zero-order chi connectivity index (χ0) is 14.4. The van der Waals surface area contributed by atoms with Crippen molar-refractivity contribution in [2.75, 3.05) is 5.43 Å². The molecule has 0 radical (unpaired) electrons. The molecule has 0 aliphatic heterocycles. The molecular weight excluding hydrogens is 248 g/mol. The lowest BCUT2D eigenvalue weighted by atomic mass is 10.1. The zero-order valence-corrected chi connectivity index (χ0v) is 12.0. The standard InChI is InChI=1S/C16H18N4/c1-12(9-15-7-5-4-6-8-15)11-17-20-16-18-13(2)10-14(3)19-16/h4-11H,1-3H3,(H,18,19,20)/b12-9+,17-11-. The van der Waals surface area contributed by atoms with Crippen LogP contribution in [0.5, 0.6) is 0 Å². The Morgan fingerprint density at radius 1 is 1.10 bits per heavy atom. The summed E-state index contributed by atoms with van der Waals surface area (Å²) >= 11 is 0. The van der Waals surface area contributed by atoms with E-state index < -0.39 is 0 Å². The quantitative estimate of drug-likeness (QED) is 0.679. The van der Waals surface area contributed by atoms with E-state index in [1.165, 1.54) is 0 Å². The van der Waals surface area contributed by atoms with Gasteiger partial charge in [-0.15, -0.1) is 0 Å². The molecule has 0 bridgehead atoms. The second-order valence-corrected chi connectivity index (χ2v) is 4.64. The maximum Gasteiger partial charge on any atom is 0.243 e. The van der Waals surface area contributed by atoms with Gasteiger partial charge < -0.3 is 0 Å². The van der Waals surface area contributed by atoms with Crippen LogP contribution in [0.1, 0.15) is 23.9 Å². The van der Waals surface area contributed by atoms with E-state index in [1.807, 2.05) is 45.0 Å². The molecule has 1 aromatic carbocycles. The number of aryl methyl sites for hydroxylation is 2. The van der Waals surface area contributed by atoms with E-state index >= 15 is 0 Å². The van der Waals surface area contributed by atoms with Crippen molar-refractivity contribution >= 4 is 18.2 Å². The van der Waals surface area contributed by atoms with Gasteiger partial charge in [0.05, 0.1) is 6.21 Å². The third kappa shape index (κ3) is 4.31. The molecule has 0 atom stereocenters. The van der Waals surface area contributed by atoms with Gasteiger partial charge in [-0.05, 0) is 38.0 Å². The van der Waals surface area contributed by atoms with Crippen LogP contribution < -0.4 is 5.43 Å². The Labute approximate surface area is 119 Å². The first-order chi connectivity index (χ1) is 9.63. The summed E-state index contributed by atoms with van der Waals surface area (Å²) in [6.45, 7) is 5.87. The monoisotopic (exact) mass is 266 g/mol. The minimum atomic E-state index is 0.520. The summed E-state index contributed by atoms with van der Waals surface area (Å²) in [5.74, 6) is 0.520. The molecule has 0 fully saturated rings. The van der Waals surface area contributed by atoms with Gasteiger partial charge in [0.25, 0.3) is 0 Å². The van der Waals surface area contributed by atoms with Crippen molar-refractivity contribution < 1.29 is 0 Å². The Bertz CT molecular complexity index is 610. The van der Waals surface area contributed by atoms with Crippen LogP contribution in [-0.2, 0) is 0 Å². The lowest BCUT2D eigenvalue weighted by molar-refractivity contribution is 1.04. The fourth-order valence-electron chi connectivity index (χ4n) is 1.82. The van der Waals surface area contributed by atoms with Gasteiger partial charge in [0, 0.05) is 11.4 Å². The molecule has 0 spiro atoms. The molecule has 20 heavy (non-hydrogen) atoms. The number of hydrogen-bond acceptors (Lipinski definition) is 4. The van der Waals surface area contributed by atoms with Crippen molar-refractivity contribution in [3.8, 4) is 0 Å². The van der Waals surface area contributed by atoms with Crippen LogP contribution in [0, 0.1) is 13.8 Å². The summed E-state index contributed by atoms with van der Waals surface area (Å²) in [7, 11) is 0. The normalized spacial score (nSPS) is 11.8. The Balaban J connectivity index is 2.01. The molecule has 0 aliphatic carbocycles. The van der Waals surface area contributed by atoms with Gasteiger partial charge in [0.2, 0.25) is 5.95 Å². The Morgan fingerprint density at radius 3 is 2.40 bits per heavy atom. The third-order valence-corrected chi connectivity index (χ3v) is 2.61. The molecule has 2 rings (SSSR count). The fraction of sp³-hybridized carbons (Fsp3) is 0.188. The average Bonchev–Trinajstić information content (AvgIpc) is 2.38. The minimum absolute atomic E-state index is 0.520. The second-order valence-electron chi connectivity index (χ2n) is 4.64. The van der Waals surface area contributed by atoms with Gasteiger partial charge in [0.1, 0.15) is 0 Å². The van der Waals surface area contributed by atoms with Crippen molar-refractivity contribution in [3.05, 3.63) is 58.9 Å². The van der Waals surface area contributed by atoms with Crippen LogP contribution >= 0.6 is 0 Å². The molecule has 1 heterocycles. The van der Waals surface area contributed by atoms with E-state index in [0.717, 1.165) is 22.5 Å². The summed E-state index contributed by atoms with van der Waals surface area (Å²) in [6, 6.07) is 12.1. The van der Waals surface area contributed by atoms with Crippen LogP contribution in [0.4, 0.5) is 5.95 Å². The van der Waals surface area contributed by atoms with Gasteiger partial charge in [-0.2, -0.15) is 5.10 Å². The van der Waals surface area contributed by atoms with Crippen LogP contribution in [-0.4, -0.2) is 16.2 Å². The van der Waals surface area contributed by atoms with Crippen LogP contribution in [0.15, 0.2) is 47.1 Å². The average molecular weight is 266 g/mol. The summed E-state index contributed by atoms with van der Waals surface area (Å²) in [6.07, 6.45) is 3.82. The highest BCUT2D eigenvalue weighted by molar-refractivity contribution is 5.85. The van der Waals surface area contributed by atoms with E-state index in [9.17, 15) is 0 Å². The highest BCUT2D eigenvalue weighted by Crippen LogP contribution is 2.05. The Morgan fingerprint density at radius 2 is 1.75 bits per heavy atom. The summed E-state index contributed by atoms with van der Waals surface area (Å²) in [5, 5.41) is 4.15. The lowest BCUT2D eigenvalue weighted by Crippen LogP contribution is -1.99. The van der Waals surface area contributed by atoms with E-state index in [-0.39, 0.29) is 0 Å². The van der Waals surface area contributed by atoms with E-state index in [1.54, 1.807) is 6.21 Å². The Hall–Kier alpha value is -2.49. The summed E-state index contributed by atoms with van der Waals surface area (Å²) in [4.78, 5) is 8.52. The highest BCUT2D eigenvalue weighted by Gasteiger charge is 1.96. The predicted molar refractivity (Wildman–Crippen MR) is 83.7 cm³/mol. The topological polar surface area (TPSA) is 50.2 Å². The molecule has 0 saturated carbocycles. The van der Waals surface area contributed by atoms with Crippen molar-refractivity contribution in [2.24, 2.45) is 5.10 Å². The maximum absolute atomic E-state index is 4.26. The fourth-order valence-corrected chi connectivity index (χ4v) is 1.82. The SMILES string of the molecule is CC(/C=N\Nc1nc(C)cc(C)n1)=C\c1ccccc1. The molecule has 1 aromatic heterocycles. The summed E-state index contributed by atoms with van der Waals surface area (Å²) in [5.41, 5.74) is 6.90. The number of nitrogens with zero attached hydrogens (tertiary/aromatic N) is 3. The number of rotatable bonds is 4. The van der Waals surface area contributed by atoms with Crippen molar-refractivity contribution in [1.82, 2.24) is 9.97 Å². The minimum Gasteiger partial charge on any atom is -0.245 e. The van der Waals surface area contributed by atoms with Crippen LogP contribution in [0.25, 0.3) is 6.08 Å². The highest BCUT2D eigenvalue weighted by atomic mass is 15.3. The summed E-state index contributed by atoms with van der Waals surface area (Å²) < 4.78 is 0. The molecule has 0 unspecified atom stereocenters.